The second-order valence-corrected chi connectivity index (χ2v) is 3.85. The lowest BCUT2D eigenvalue weighted by Gasteiger charge is -2.07. The Balaban J connectivity index is 2.14. The van der Waals surface area contributed by atoms with Crippen molar-refractivity contribution in [2.24, 2.45) is 5.92 Å². The van der Waals surface area contributed by atoms with Crippen LogP contribution >= 0.6 is 0 Å². The molecule has 1 fully saturated rings. The fraction of sp³-hybridized carbons (Fsp3) is 0.231. The molecule has 0 bridgehead atoms. The molecule has 0 aromatic heterocycles. The number of aldehydes is 1. The van der Waals surface area contributed by atoms with Crippen molar-refractivity contribution in [3.63, 3.8) is 0 Å². The maximum atomic E-state index is 11.6. The lowest BCUT2D eigenvalue weighted by atomic mass is 10.1. The van der Waals surface area contributed by atoms with Gasteiger partial charge in [0.2, 0.25) is 5.91 Å². The van der Waals surface area contributed by atoms with Crippen molar-refractivity contribution in [1.82, 2.24) is 0 Å². The van der Waals surface area contributed by atoms with Crippen LogP contribution in [0.5, 0.6) is 0 Å². The van der Waals surface area contributed by atoms with Crippen molar-refractivity contribution in [2.45, 2.75) is 12.8 Å². The Labute approximate surface area is 94.2 Å². The van der Waals surface area contributed by atoms with E-state index in [1.807, 2.05) is 24.3 Å². The number of nitrogens with one attached hydrogen (secondary N) is 1. The monoisotopic (exact) mass is 215 g/mol. The molecule has 0 spiro atoms. The van der Waals surface area contributed by atoms with Crippen molar-refractivity contribution in [3.05, 3.63) is 35.9 Å². The summed E-state index contributed by atoms with van der Waals surface area (Å²) in [5.74, 6) is 0.259. The highest BCUT2D eigenvalue weighted by atomic mass is 16.2. The van der Waals surface area contributed by atoms with Gasteiger partial charge in [0, 0.05) is 11.6 Å². The normalized spacial score (nSPS) is 15.0. The molecule has 1 N–H and O–H groups in total. The highest BCUT2D eigenvalue weighted by Gasteiger charge is 2.29. The average molecular weight is 215 g/mol. The summed E-state index contributed by atoms with van der Waals surface area (Å²) in [6, 6.07) is 7.44. The standard InChI is InChI=1S/C13H13NO2/c15-9-3-5-10-4-1-2-6-12(10)14-13(16)11-7-8-11/h1-6,9,11H,7-8H2,(H,14,16)/b5-3+. The summed E-state index contributed by atoms with van der Waals surface area (Å²) in [6.45, 7) is 0. The van der Waals surface area contributed by atoms with E-state index in [0.29, 0.717) is 0 Å². The molecule has 1 aromatic rings. The zero-order valence-electron chi connectivity index (χ0n) is 8.85. The number of para-hydroxylation sites is 1. The number of carbonyl (C=O) groups excluding carboxylic acids is 2. The molecule has 0 radical (unpaired) electrons. The van der Waals surface area contributed by atoms with Crippen molar-refractivity contribution < 1.29 is 9.59 Å². The van der Waals surface area contributed by atoms with E-state index in [4.69, 9.17) is 0 Å². The second kappa shape index (κ2) is 4.75. The molecule has 0 aliphatic heterocycles. The van der Waals surface area contributed by atoms with Gasteiger partial charge in [0.25, 0.3) is 0 Å². The number of hydrogen-bond donors (Lipinski definition) is 1. The highest BCUT2D eigenvalue weighted by molar-refractivity contribution is 5.96. The Morgan fingerprint density at radius 1 is 1.31 bits per heavy atom. The first-order valence-electron chi connectivity index (χ1n) is 5.33. The van der Waals surface area contributed by atoms with E-state index in [-0.39, 0.29) is 11.8 Å². The summed E-state index contributed by atoms with van der Waals surface area (Å²) in [5, 5.41) is 2.88. The van der Waals surface area contributed by atoms with Crippen molar-refractivity contribution in [1.29, 1.82) is 0 Å². The Kier molecular flexibility index (Phi) is 3.15. The lowest BCUT2D eigenvalue weighted by molar-refractivity contribution is -0.117. The zero-order valence-corrected chi connectivity index (χ0v) is 8.85. The van der Waals surface area contributed by atoms with Crippen LogP contribution in [0.4, 0.5) is 5.69 Å². The molecule has 1 saturated carbocycles. The van der Waals surface area contributed by atoms with E-state index in [1.165, 1.54) is 6.08 Å². The summed E-state index contributed by atoms with van der Waals surface area (Å²) >= 11 is 0. The summed E-state index contributed by atoms with van der Waals surface area (Å²) in [5.41, 5.74) is 1.61. The van der Waals surface area contributed by atoms with Gasteiger partial charge in [-0.1, -0.05) is 18.2 Å². The Hall–Kier alpha value is -1.90. The van der Waals surface area contributed by atoms with E-state index in [0.717, 1.165) is 30.4 Å². The molecular weight excluding hydrogens is 202 g/mol. The number of rotatable bonds is 4. The predicted octanol–water partition coefficient (Wildman–Crippen LogP) is 2.25. The van der Waals surface area contributed by atoms with Gasteiger partial charge in [-0.15, -0.1) is 0 Å². The van der Waals surface area contributed by atoms with Gasteiger partial charge in [0.05, 0.1) is 0 Å². The van der Waals surface area contributed by atoms with E-state index in [9.17, 15) is 9.59 Å². The van der Waals surface area contributed by atoms with Crippen LogP contribution in [0.2, 0.25) is 0 Å². The van der Waals surface area contributed by atoms with Gasteiger partial charge in [0.15, 0.2) is 0 Å². The van der Waals surface area contributed by atoms with Crippen LogP contribution in [0.1, 0.15) is 18.4 Å². The molecular formula is C13H13NO2. The van der Waals surface area contributed by atoms with Gasteiger partial charge in [-0.05, 0) is 36.6 Å². The number of allylic oxidation sites excluding steroid dienone is 1. The summed E-state index contributed by atoms with van der Waals surface area (Å²) in [4.78, 5) is 21.9. The van der Waals surface area contributed by atoms with Crippen molar-refractivity contribution >= 4 is 24.0 Å². The fourth-order valence-electron chi connectivity index (χ4n) is 1.48. The minimum Gasteiger partial charge on any atom is -0.325 e. The molecule has 1 aliphatic carbocycles. The molecule has 1 amide bonds. The van der Waals surface area contributed by atoms with E-state index < -0.39 is 0 Å². The van der Waals surface area contributed by atoms with Crippen LogP contribution in [0.15, 0.2) is 30.3 Å². The minimum atomic E-state index is 0.0759. The number of carbonyl (C=O) groups is 2. The smallest absolute Gasteiger partial charge is 0.227 e. The first-order chi connectivity index (χ1) is 7.81. The van der Waals surface area contributed by atoms with E-state index in [2.05, 4.69) is 5.32 Å². The zero-order chi connectivity index (χ0) is 11.4. The second-order valence-electron chi connectivity index (χ2n) is 3.85. The van der Waals surface area contributed by atoms with Gasteiger partial charge < -0.3 is 5.32 Å². The Bertz CT molecular complexity index is 433. The molecule has 3 heteroatoms. The van der Waals surface area contributed by atoms with Crippen LogP contribution in [-0.4, -0.2) is 12.2 Å². The van der Waals surface area contributed by atoms with E-state index in [1.54, 1.807) is 6.08 Å². The van der Waals surface area contributed by atoms with Gasteiger partial charge in [-0.2, -0.15) is 0 Å². The van der Waals surface area contributed by atoms with Crippen LogP contribution in [0.3, 0.4) is 0 Å². The minimum absolute atomic E-state index is 0.0759. The Morgan fingerprint density at radius 3 is 2.75 bits per heavy atom. The van der Waals surface area contributed by atoms with Crippen LogP contribution in [0.25, 0.3) is 6.08 Å². The highest BCUT2D eigenvalue weighted by Crippen LogP contribution is 2.30. The number of amides is 1. The quantitative estimate of drug-likeness (QED) is 0.618. The van der Waals surface area contributed by atoms with Gasteiger partial charge in [-0.3, -0.25) is 9.59 Å². The third kappa shape index (κ3) is 2.57. The van der Waals surface area contributed by atoms with Gasteiger partial charge in [-0.25, -0.2) is 0 Å². The molecule has 3 nitrogen and oxygen atoms in total. The molecule has 0 atom stereocenters. The van der Waals surface area contributed by atoms with Crippen LogP contribution in [-0.2, 0) is 9.59 Å². The summed E-state index contributed by atoms with van der Waals surface area (Å²) in [7, 11) is 0. The predicted molar refractivity (Wildman–Crippen MR) is 62.9 cm³/mol. The molecule has 0 heterocycles. The maximum absolute atomic E-state index is 11.6. The molecule has 0 saturated heterocycles. The molecule has 82 valence electrons. The number of benzene rings is 1. The van der Waals surface area contributed by atoms with Crippen LogP contribution < -0.4 is 5.32 Å². The van der Waals surface area contributed by atoms with Gasteiger partial charge >= 0.3 is 0 Å². The van der Waals surface area contributed by atoms with E-state index >= 15 is 0 Å². The SMILES string of the molecule is O=C/C=C/c1ccccc1NC(=O)C1CC1. The number of hydrogen-bond acceptors (Lipinski definition) is 2. The van der Waals surface area contributed by atoms with Crippen molar-refractivity contribution in [2.75, 3.05) is 5.32 Å². The molecule has 16 heavy (non-hydrogen) atoms. The maximum Gasteiger partial charge on any atom is 0.227 e. The summed E-state index contributed by atoms with van der Waals surface area (Å²) < 4.78 is 0. The lowest BCUT2D eigenvalue weighted by Crippen LogP contribution is -2.13. The van der Waals surface area contributed by atoms with Crippen LogP contribution in [0, 0.1) is 5.92 Å². The third-order valence-electron chi connectivity index (χ3n) is 2.52. The molecule has 1 aliphatic rings. The van der Waals surface area contributed by atoms with Gasteiger partial charge in [0.1, 0.15) is 6.29 Å². The molecule has 1 aromatic carbocycles. The topological polar surface area (TPSA) is 46.2 Å². The fourth-order valence-corrected chi connectivity index (χ4v) is 1.48. The summed E-state index contributed by atoms with van der Waals surface area (Å²) in [6.07, 6.45) is 5.80. The Morgan fingerprint density at radius 2 is 2.06 bits per heavy atom. The third-order valence-corrected chi connectivity index (χ3v) is 2.52. The first-order valence-corrected chi connectivity index (χ1v) is 5.33. The first kappa shape index (κ1) is 10.6. The average Bonchev–Trinajstić information content (AvgIpc) is 3.11. The molecule has 0 unspecified atom stereocenters. The van der Waals surface area contributed by atoms with Crippen molar-refractivity contribution in [3.8, 4) is 0 Å². The largest absolute Gasteiger partial charge is 0.325 e. The molecule has 2 rings (SSSR count). The number of anilines is 1.